The fourth-order valence-corrected chi connectivity index (χ4v) is 3.17. The zero-order valence-electron chi connectivity index (χ0n) is 11.8. The number of benzene rings is 1. The van der Waals surface area contributed by atoms with Crippen LogP contribution in [0.25, 0.3) is 0 Å². The number of allylic oxidation sites excluding steroid dienone is 2. The highest BCUT2D eigenvalue weighted by atomic mass is 35.5. The van der Waals surface area contributed by atoms with Crippen LogP contribution in [-0.4, -0.2) is 24.9 Å². The van der Waals surface area contributed by atoms with E-state index in [1.165, 1.54) is 7.11 Å². The van der Waals surface area contributed by atoms with Gasteiger partial charge in [-0.05, 0) is 30.0 Å². The molecule has 21 heavy (non-hydrogen) atoms. The van der Waals surface area contributed by atoms with Gasteiger partial charge >= 0.3 is 5.97 Å². The highest BCUT2D eigenvalue weighted by Gasteiger charge is 2.23. The van der Waals surface area contributed by atoms with Crippen LogP contribution in [0.2, 0.25) is 5.02 Å². The number of carbonyl (C=O) groups excluding carboxylic acids is 1. The number of esters is 1. The van der Waals surface area contributed by atoms with Crippen molar-refractivity contribution >= 4 is 29.3 Å². The maximum Gasteiger partial charge on any atom is 0.327 e. The largest absolute Gasteiger partial charge is 0.468 e. The molecule has 1 aromatic rings. The van der Waals surface area contributed by atoms with E-state index in [1.807, 2.05) is 30.4 Å². The Hall–Kier alpha value is -1.23. The normalized spacial score (nSPS) is 18.5. The SMILES string of the molecule is COC(=O)C(NCCC1C=CC=CS1)c1ccccc1Cl. The second-order valence-electron chi connectivity index (χ2n) is 4.61. The first-order valence-corrected chi connectivity index (χ1v) is 8.09. The molecule has 0 spiro atoms. The van der Waals surface area contributed by atoms with Crippen molar-refractivity contribution in [3.05, 3.63) is 58.5 Å². The van der Waals surface area contributed by atoms with Gasteiger partial charge in [0.2, 0.25) is 0 Å². The van der Waals surface area contributed by atoms with Crippen LogP contribution in [0.4, 0.5) is 0 Å². The summed E-state index contributed by atoms with van der Waals surface area (Å²) in [5.74, 6) is -0.324. The maximum absolute atomic E-state index is 12.0. The van der Waals surface area contributed by atoms with Gasteiger partial charge in [0, 0.05) is 10.3 Å². The highest BCUT2D eigenvalue weighted by Crippen LogP contribution is 2.25. The van der Waals surface area contributed by atoms with E-state index < -0.39 is 6.04 Å². The van der Waals surface area contributed by atoms with Gasteiger partial charge in [0.05, 0.1) is 7.11 Å². The van der Waals surface area contributed by atoms with E-state index in [0.29, 0.717) is 16.8 Å². The number of halogens is 1. The second kappa shape index (κ2) is 8.27. The summed E-state index contributed by atoms with van der Waals surface area (Å²) < 4.78 is 4.87. The van der Waals surface area contributed by atoms with Crippen LogP contribution in [0.15, 0.2) is 47.9 Å². The van der Waals surface area contributed by atoms with Crippen molar-refractivity contribution in [1.29, 1.82) is 0 Å². The molecule has 1 aliphatic rings. The summed E-state index contributed by atoms with van der Waals surface area (Å²) in [5, 5.41) is 6.33. The van der Waals surface area contributed by atoms with E-state index in [1.54, 1.807) is 17.8 Å². The minimum Gasteiger partial charge on any atom is -0.468 e. The summed E-state index contributed by atoms with van der Waals surface area (Å²) in [6.07, 6.45) is 7.17. The van der Waals surface area contributed by atoms with Crippen LogP contribution >= 0.6 is 23.4 Å². The molecule has 3 nitrogen and oxygen atoms in total. The Kier molecular flexibility index (Phi) is 6.36. The van der Waals surface area contributed by atoms with Gasteiger partial charge in [0.1, 0.15) is 6.04 Å². The van der Waals surface area contributed by atoms with Crippen molar-refractivity contribution < 1.29 is 9.53 Å². The number of methoxy groups -OCH3 is 1. The van der Waals surface area contributed by atoms with Crippen molar-refractivity contribution in [2.45, 2.75) is 17.7 Å². The molecular weight excluding hydrogens is 306 g/mol. The summed E-state index contributed by atoms with van der Waals surface area (Å²) in [7, 11) is 1.39. The standard InChI is InChI=1S/C16H18ClNO2S/c1-20-16(19)15(13-7-2-3-8-14(13)17)18-10-9-12-6-4-5-11-21-12/h2-8,11-12,15,18H,9-10H2,1H3. The van der Waals surface area contributed by atoms with Crippen LogP contribution in [-0.2, 0) is 9.53 Å². The minimum atomic E-state index is -0.531. The van der Waals surface area contributed by atoms with Crippen molar-refractivity contribution in [2.24, 2.45) is 0 Å². The van der Waals surface area contributed by atoms with Gasteiger partial charge in [-0.15, -0.1) is 11.8 Å². The molecule has 0 radical (unpaired) electrons. The molecule has 5 heteroatoms. The average molecular weight is 324 g/mol. The zero-order chi connectivity index (χ0) is 15.1. The van der Waals surface area contributed by atoms with E-state index in [-0.39, 0.29) is 5.97 Å². The van der Waals surface area contributed by atoms with E-state index in [9.17, 15) is 4.79 Å². The monoisotopic (exact) mass is 323 g/mol. The van der Waals surface area contributed by atoms with Crippen molar-refractivity contribution in [3.8, 4) is 0 Å². The highest BCUT2D eigenvalue weighted by molar-refractivity contribution is 8.02. The van der Waals surface area contributed by atoms with Crippen LogP contribution in [0, 0.1) is 0 Å². The van der Waals surface area contributed by atoms with Gasteiger partial charge in [-0.2, -0.15) is 0 Å². The van der Waals surface area contributed by atoms with Crippen LogP contribution in [0.5, 0.6) is 0 Å². The number of hydrogen-bond acceptors (Lipinski definition) is 4. The molecule has 1 heterocycles. The minimum absolute atomic E-state index is 0.324. The number of thioether (sulfide) groups is 1. The topological polar surface area (TPSA) is 38.3 Å². The number of rotatable bonds is 6. The molecule has 1 N–H and O–H groups in total. The molecule has 1 aliphatic heterocycles. The molecule has 1 aromatic carbocycles. The number of nitrogens with one attached hydrogen (secondary N) is 1. The Balaban J connectivity index is 1.97. The second-order valence-corrected chi connectivity index (χ2v) is 6.17. The molecule has 2 atom stereocenters. The average Bonchev–Trinajstić information content (AvgIpc) is 2.53. The number of ether oxygens (including phenoxy) is 1. The molecule has 0 aromatic heterocycles. The summed E-state index contributed by atoms with van der Waals surface area (Å²) in [6, 6.07) is 6.80. The summed E-state index contributed by atoms with van der Waals surface area (Å²) in [6.45, 7) is 0.709. The zero-order valence-corrected chi connectivity index (χ0v) is 13.4. The Bertz CT molecular complexity index is 545. The molecule has 0 saturated carbocycles. The first kappa shape index (κ1) is 16.1. The predicted molar refractivity (Wildman–Crippen MR) is 88.5 cm³/mol. The first-order chi connectivity index (χ1) is 10.2. The lowest BCUT2D eigenvalue weighted by Crippen LogP contribution is -2.31. The fraction of sp³-hybridized carbons (Fsp3) is 0.312. The smallest absolute Gasteiger partial charge is 0.327 e. The van der Waals surface area contributed by atoms with Gasteiger partial charge in [0.25, 0.3) is 0 Å². The lowest BCUT2D eigenvalue weighted by Gasteiger charge is -2.19. The van der Waals surface area contributed by atoms with Crippen molar-refractivity contribution in [1.82, 2.24) is 5.32 Å². The Labute approximate surface area is 134 Å². The predicted octanol–water partition coefficient (Wildman–Crippen LogP) is 3.72. The maximum atomic E-state index is 12.0. The third-order valence-electron chi connectivity index (χ3n) is 3.20. The van der Waals surface area contributed by atoms with E-state index in [2.05, 4.69) is 16.8 Å². The van der Waals surface area contributed by atoms with E-state index >= 15 is 0 Å². The first-order valence-electron chi connectivity index (χ1n) is 6.77. The molecule has 0 amide bonds. The lowest BCUT2D eigenvalue weighted by atomic mass is 10.1. The Morgan fingerprint density at radius 1 is 1.43 bits per heavy atom. The Morgan fingerprint density at radius 3 is 2.90 bits per heavy atom. The third kappa shape index (κ3) is 4.63. The lowest BCUT2D eigenvalue weighted by molar-refractivity contribution is -0.143. The fourth-order valence-electron chi connectivity index (χ4n) is 2.11. The molecule has 0 saturated heterocycles. The third-order valence-corrected chi connectivity index (χ3v) is 4.60. The quantitative estimate of drug-likeness (QED) is 0.810. The van der Waals surface area contributed by atoms with Crippen LogP contribution in [0.3, 0.4) is 0 Å². The van der Waals surface area contributed by atoms with E-state index in [0.717, 1.165) is 12.0 Å². The van der Waals surface area contributed by atoms with Crippen LogP contribution < -0.4 is 5.32 Å². The Morgan fingerprint density at radius 2 is 2.24 bits per heavy atom. The summed E-state index contributed by atoms with van der Waals surface area (Å²) >= 11 is 7.95. The number of carbonyl (C=O) groups is 1. The van der Waals surface area contributed by atoms with Gasteiger partial charge in [-0.25, -0.2) is 4.79 Å². The summed E-state index contributed by atoms with van der Waals surface area (Å²) in [5.41, 5.74) is 0.748. The molecule has 0 aliphatic carbocycles. The number of hydrogen-bond donors (Lipinski definition) is 1. The van der Waals surface area contributed by atoms with E-state index in [4.69, 9.17) is 16.3 Å². The van der Waals surface area contributed by atoms with Gasteiger partial charge < -0.3 is 10.1 Å². The molecule has 0 fully saturated rings. The molecular formula is C16H18ClNO2S. The summed E-state index contributed by atoms with van der Waals surface area (Å²) in [4.78, 5) is 12.0. The molecule has 0 bridgehead atoms. The molecule has 2 unspecified atom stereocenters. The van der Waals surface area contributed by atoms with Gasteiger partial charge in [-0.1, -0.05) is 48.0 Å². The van der Waals surface area contributed by atoms with Crippen LogP contribution in [0.1, 0.15) is 18.0 Å². The molecule has 2 rings (SSSR count). The van der Waals surface area contributed by atoms with Crippen molar-refractivity contribution in [3.63, 3.8) is 0 Å². The van der Waals surface area contributed by atoms with Crippen molar-refractivity contribution in [2.75, 3.05) is 13.7 Å². The van der Waals surface area contributed by atoms with Gasteiger partial charge in [0.15, 0.2) is 0 Å². The molecule has 112 valence electrons. The van der Waals surface area contributed by atoms with Gasteiger partial charge in [-0.3, -0.25) is 0 Å².